The summed E-state index contributed by atoms with van der Waals surface area (Å²) in [5.74, 6) is -3.69. The molecule has 2 N–H and O–H groups in total. The van der Waals surface area contributed by atoms with Gasteiger partial charge in [0.05, 0.1) is 21.5 Å². The number of hydrogen-bond acceptors (Lipinski definition) is 2. The molecule has 0 heterocycles. The fourth-order valence-electron chi connectivity index (χ4n) is 2.76. The van der Waals surface area contributed by atoms with Gasteiger partial charge in [0.1, 0.15) is 10.2 Å². The maximum absolute atomic E-state index is 13.3. The molecule has 0 radical (unpaired) electrons. The van der Waals surface area contributed by atoms with Crippen molar-refractivity contribution in [1.29, 1.82) is 0 Å². The fraction of sp³-hybridized carbons (Fsp3) is 0.176. The van der Waals surface area contributed by atoms with E-state index >= 15 is 0 Å². The van der Waals surface area contributed by atoms with E-state index in [1.807, 2.05) is 0 Å². The van der Waals surface area contributed by atoms with Crippen LogP contribution in [0.5, 0.6) is 0 Å². The SMILES string of the molecule is O=C(O)c1cc(NC(=O)C2C(c3ccc(F)c(Cl)c3)C2(Cl)Cl)ccc1Cl. The maximum Gasteiger partial charge on any atom is 0.337 e. The van der Waals surface area contributed by atoms with Crippen molar-refractivity contribution in [2.45, 2.75) is 10.3 Å². The number of hydrogen-bond donors (Lipinski definition) is 2. The number of benzene rings is 2. The second-order valence-electron chi connectivity index (χ2n) is 5.79. The Bertz CT molecular complexity index is 919. The van der Waals surface area contributed by atoms with Gasteiger partial charge in [-0.1, -0.05) is 29.3 Å². The van der Waals surface area contributed by atoms with E-state index in [1.54, 1.807) is 0 Å². The van der Waals surface area contributed by atoms with Gasteiger partial charge >= 0.3 is 5.97 Å². The fourth-order valence-corrected chi connectivity index (χ4v) is 3.98. The minimum atomic E-state index is -1.38. The number of alkyl halides is 2. The lowest BCUT2D eigenvalue weighted by Crippen LogP contribution is -2.17. The molecule has 9 heteroatoms. The molecule has 1 aliphatic rings. The first-order valence-electron chi connectivity index (χ1n) is 7.29. The third-order valence-corrected chi connectivity index (χ3v) is 5.66. The van der Waals surface area contributed by atoms with Crippen molar-refractivity contribution in [2.75, 3.05) is 5.32 Å². The van der Waals surface area contributed by atoms with Crippen molar-refractivity contribution in [3.63, 3.8) is 0 Å². The minimum Gasteiger partial charge on any atom is -0.478 e. The number of rotatable bonds is 4. The molecular formula is C17H10Cl4FNO3. The van der Waals surface area contributed by atoms with Gasteiger partial charge in [-0.3, -0.25) is 4.79 Å². The molecule has 0 saturated heterocycles. The predicted octanol–water partition coefficient (Wildman–Crippen LogP) is 5.36. The Hall–Kier alpha value is -1.53. The highest BCUT2D eigenvalue weighted by Gasteiger charge is 2.67. The van der Waals surface area contributed by atoms with E-state index in [2.05, 4.69) is 5.32 Å². The molecule has 4 nitrogen and oxygen atoms in total. The van der Waals surface area contributed by atoms with Crippen LogP contribution < -0.4 is 5.32 Å². The number of carboxylic acid groups (broad SMARTS) is 1. The Labute approximate surface area is 167 Å². The van der Waals surface area contributed by atoms with Crippen molar-refractivity contribution in [3.8, 4) is 0 Å². The van der Waals surface area contributed by atoms with Crippen molar-refractivity contribution in [3.05, 3.63) is 63.4 Å². The van der Waals surface area contributed by atoms with Gasteiger partial charge in [-0.2, -0.15) is 0 Å². The molecule has 136 valence electrons. The van der Waals surface area contributed by atoms with Gasteiger partial charge in [0.15, 0.2) is 0 Å². The van der Waals surface area contributed by atoms with E-state index in [0.717, 1.165) is 0 Å². The van der Waals surface area contributed by atoms with Gasteiger partial charge in [-0.05, 0) is 35.9 Å². The second kappa shape index (κ2) is 6.89. The smallest absolute Gasteiger partial charge is 0.337 e. The average molecular weight is 437 g/mol. The summed E-state index contributed by atoms with van der Waals surface area (Å²) in [6, 6.07) is 8.07. The first-order chi connectivity index (χ1) is 12.1. The van der Waals surface area contributed by atoms with Crippen LogP contribution in [0.4, 0.5) is 10.1 Å². The summed E-state index contributed by atoms with van der Waals surface area (Å²) in [6.45, 7) is 0. The summed E-state index contributed by atoms with van der Waals surface area (Å²) in [4.78, 5) is 23.6. The first-order valence-corrected chi connectivity index (χ1v) is 8.80. The van der Waals surface area contributed by atoms with Crippen molar-refractivity contribution >= 4 is 64.0 Å². The van der Waals surface area contributed by atoms with Crippen LogP contribution in [0.2, 0.25) is 10.0 Å². The lowest BCUT2D eigenvalue weighted by atomic mass is 10.1. The van der Waals surface area contributed by atoms with Crippen molar-refractivity contribution < 1.29 is 19.1 Å². The van der Waals surface area contributed by atoms with E-state index in [4.69, 9.17) is 51.5 Å². The summed E-state index contributed by atoms with van der Waals surface area (Å²) >= 11 is 24.0. The van der Waals surface area contributed by atoms with E-state index in [-0.39, 0.29) is 21.3 Å². The Morgan fingerprint density at radius 2 is 1.77 bits per heavy atom. The lowest BCUT2D eigenvalue weighted by molar-refractivity contribution is -0.117. The highest BCUT2D eigenvalue weighted by Crippen LogP contribution is 2.65. The lowest BCUT2D eigenvalue weighted by Gasteiger charge is -2.07. The number of anilines is 1. The van der Waals surface area contributed by atoms with Crippen LogP contribution in [-0.4, -0.2) is 21.3 Å². The molecular weight excluding hydrogens is 427 g/mol. The Morgan fingerprint density at radius 1 is 1.08 bits per heavy atom. The number of aromatic carboxylic acids is 1. The molecule has 0 aliphatic heterocycles. The minimum absolute atomic E-state index is 0.0461. The van der Waals surface area contributed by atoms with Crippen LogP contribution in [0.15, 0.2) is 36.4 Å². The van der Waals surface area contributed by atoms with Crippen LogP contribution in [0.3, 0.4) is 0 Å². The van der Waals surface area contributed by atoms with Crippen LogP contribution in [0.1, 0.15) is 21.8 Å². The van der Waals surface area contributed by atoms with E-state index in [1.165, 1.54) is 36.4 Å². The van der Waals surface area contributed by atoms with Crippen LogP contribution in [-0.2, 0) is 4.79 Å². The Morgan fingerprint density at radius 3 is 2.38 bits per heavy atom. The molecule has 1 amide bonds. The second-order valence-corrected chi connectivity index (χ2v) is 8.05. The van der Waals surface area contributed by atoms with Gasteiger partial charge in [-0.25, -0.2) is 9.18 Å². The summed E-state index contributed by atoms with van der Waals surface area (Å²) in [6.07, 6.45) is 0. The van der Waals surface area contributed by atoms with Crippen molar-refractivity contribution in [2.24, 2.45) is 5.92 Å². The molecule has 2 aromatic rings. The number of nitrogens with one attached hydrogen (secondary N) is 1. The molecule has 0 spiro atoms. The molecule has 1 aliphatic carbocycles. The first kappa shape index (κ1) is 19.2. The monoisotopic (exact) mass is 435 g/mol. The molecule has 1 fully saturated rings. The number of carboxylic acids is 1. The summed E-state index contributed by atoms with van der Waals surface area (Å²) < 4.78 is 11.9. The van der Waals surface area contributed by atoms with Crippen molar-refractivity contribution in [1.82, 2.24) is 0 Å². The quantitative estimate of drug-likeness (QED) is 0.634. The number of amides is 1. The standard InChI is InChI=1S/C17H10Cl4FNO3/c18-10-3-2-8(6-9(10)16(25)26)23-15(24)14-13(17(14,20)21)7-1-4-12(22)11(19)5-7/h1-6,13-14H,(H,23,24)(H,25,26). The van der Waals surface area contributed by atoms with Crippen LogP contribution >= 0.6 is 46.4 Å². The van der Waals surface area contributed by atoms with Gasteiger partial charge in [0.25, 0.3) is 0 Å². The van der Waals surface area contributed by atoms with Crippen LogP contribution in [0, 0.1) is 11.7 Å². The zero-order valence-corrected chi connectivity index (χ0v) is 15.8. The molecule has 2 unspecified atom stereocenters. The van der Waals surface area contributed by atoms with E-state index < -0.39 is 33.9 Å². The number of carbonyl (C=O) groups excluding carboxylic acids is 1. The molecule has 0 aromatic heterocycles. The number of halogens is 5. The molecule has 26 heavy (non-hydrogen) atoms. The zero-order valence-electron chi connectivity index (χ0n) is 12.8. The highest BCUT2D eigenvalue weighted by atomic mass is 35.5. The largest absolute Gasteiger partial charge is 0.478 e. The molecule has 2 aromatic carbocycles. The van der Waals surface area contributed by atoms with Crippen LogP contribution in [0.25, 0.3) is 0 Å². The zero-order chi connectivity index (χ0) is 19.2. The van der Waals surface area contributed by atoms with Gasteiger partial charge in [-0.15, -0.1) is 23.2 Å². The van der Waals surface area contributed by atoms with Gasteiger partial charge in [0, 0.05) is 11.6 Å². The molecule has 2 atom stereocenters. The topological polar surface area (TPSA) is 66.4 Å². The Balaban J connectivity index is 1.81. The summed E-state index contributed by atoms with van der Waals surface area (Å²) in [7, 11) is 0. The molecule has 0 bridgehead atoms. The Kier molecular flexibility index (Phi) is 5.10. The van der Waals surface area contributed by atoms with E-state index in [0.29, 0.717) is 5.56 Å². The van der Waals surface area contributed by atoms with Gasteiger partial charge in [0.2, 0.25) is 5.91 Å². The number of carbonyl (C=O) groups is 2. The average Bonchev–Trinajstić information content (AvgIpc) is 3.14. The molecule has 1 saturated carbocycles. The normalized spacial score (nSPS) is 20.5. The summed E-state index contributed by atoms with van der Waals surface area (Å²) in [5, 5.41) is 11.6. The van der Waals surface area contributed by atoms with Gasteiger partial charge < -0.3 is 10.4 Å². The third-order valence-electron chi connectivity index (χ3n) is 4.10. The summed E-state index contributed by atoms with van der Waals surface area (Å²) in [5.41, 5.74) is 0.623. The molecule has 3 rings (SSSR count). The maximum atomic E-state index is 13.3. The third kappa shape index (κ3) is 3.49. The highest BCUT2D eigenvalue weighted by molar-refractivity contribution is 6.53. The van der Waals surface area contributed by atoms with E-state index in [9.17, 15) is 14.0 Å². The predicted molar refractivity (Wildman–Crippen MR) is 99.1 cm³/mol.